The van der Waals surface area contributed by atoms with E-state index in [1.807, 2.05) is 61.5 Å². The van der Waals surface area contributed by atoms with Crippen molar-refractivity contribution < 1.29 is 14.3 Å². The number of hydrogen-bond acceptors (Lipinski definition) is 3. The molecule has 0 amide bonds. The summed E-state index contributed by atoms with van der Waals surface area (Å²) < 4.78 is 5.38. The van der Waals surface area contributed by atoms with Crippen LogP contribution in [0.25, 0.3) is 11.3 Å². The summed E-state index contributed by atoms with van der Waals surface area (Å²) in [7, 11) is 0. The van der Waals surface area contributed by atoms with E-state index in [9.17, 15) is 9.90 Å². The Morgan fingerprint density at radius 3 is 2.48 bits per heavy atom. The zero-order valence-corrected chi connectivity index (χ0v) is 13.9. The Balaban J connectivity index is 1.78. The summed E-state index contributed by atoms with van der Waals surface area (Å²) in [5.74, 6) is -0.0865. The van der Waals surface area contributed by atoms with Crippen LogP contribution in [0.2, 0.25) is 0 Å². The first kappa shape index (κ1) is 15.6. The maximum absolute atomic E-state index is 12.2. The van der Waals surface area contributed by atoms with Gasteiger partial charge in [0.25, 0.3) is 0 Å². The number of oxazole rings is 1. The van der Waals surface area contributed by atoms with Crippen LogP contribution in [-0.2, 0) is 4.79 Å². The number of aromatic nitrogens is 1. The van der Waals surface area contributed by atoms with E-state index in [2.05, 4.69) is 4.98 Å². The molecular weight excluding hydrogens is 314 g/mol. The number of benzene rings is 2. The first-order valence-corrected chi connectivity index (χ1v) is 8.45. The van der Waals surface area contributed by atoms with Crippen molar-refractivity contribution >= 4 is 5.97 Å². The van der Waals surface area contributed by atoms with Crippen LogP contribution >= 0.6 is 0 Å². The van der Waals surface area contributed by atoms with Crippen molar-refractivity contribution in [2.75, 3.05) is 0 Å². The van der Waals surface area contributed by atoms with Crippen LogP contribution in [0.3, 0.4) is 0 Å². The summed E-state index contributed by atoms with van der Waals surface area (Å²) >= 11 is 0. The van der Waals surface area contributed by atoms with Gasteiger partial charge in [-0.15, -0.1) is 0 Å². The molecule has 1 aliphatic carbocycles. The van der Waals surface area contributed by atoms with Crippen molar-refractivity contribution in [2.24, 2.45) is 5.41 Å². The third kappa shape index (κ3) is 2.37. The second-order valence-corrected chi connectivity index (χ2v) is 6.56. The van der Waals surface area contributed by atoms with E-state index in [4.69, 9.17) is 4.42 Å². The molecule has 4 nitrogen and oxygen atoms in total. The summed E-state index contributed by atoms with van der Waals surface area (Å²) in [6.45, 7) is 1.96. The van der Waals surface area contributed by atoms with Gasteiger partial charge in [-0.25, -0.2) is 4.98 Å². The highest BCUT2D eigenvalue weighted by Gasteiger charge is 2.69. The minimum Gasteiger partial charge on any atom is -0.481 e. The van der Waals surface area contributed by atoms with E-state index in [0.717, 1.165) is 16.7 Å². The van der Waals surface area contributed by atoms with Crippen LogP contribution < -0.4 is 0 Å². The van der Waals surface area contributed by atoms with E-state index in [-0.39, 0.29) is 11.8 Å². The predicted molar refractivity (Wildman–Crippen MR) is 94.2 cm³/mol. The molecule has 0 bridgehead atoms. The zero-order valence-electron chi connectivity index (χ0n) is 13.9. The van der Waals surface area contributed by atoms with Crippen molar-refractivity contribution in [1.82, 2.24) is 4.98 Å². The summed E-state index contributed by atoms with van der Waals surface area (Å²) in [6.07, 6.45) is 3.67. The second-order valence-electron chi connectivity index (χ2n) is 6.56. The Morgan fingerprint density at radius 1 is 1.12 bits per heavy atom. The number of carboxylic acid groups (broad SMARTS) is 1. The SMILES string of the molecule is CCC1(C(=O)O)C(c2ccccc2)C1c1cccc(-c2cnco2)c1. The maximum Gasteiger partial charge on any atom is 0.310 e. The van der Waals surface area contributed by atoms with Crippen LogP contribution in [0.15, 0.2) is 71.6 Å². The van der Waals surface area contributed by atoms with Crippen molar-refractivity contribution in [3.8, 4) is 11.3 Å². The van der Waals surface area contributed by atoms with Crippen LogP contribution in [-0.4, -0.2) is 16.1 Å². The van der Waals surface area contributed by atoms with E-state index in [1.54, 1.807) is 6.20 Å². The lowest BCUT2D eigenvalue weighted by Gasteiger charge is -2.10. The maximum atomic E-state index is 12.2. The topological polar surface area (TPSA) is 63.3 Å². The summed E-state index contributed by atoms with van der Waals surface area (Å²) in [5.41, 5.74) is 2.29. The minimum atomic E-state index is -0.749. The fourth-order valence-electron chi connectivity index (χ4n) is 4.18. The molecule has 1 heterocycles. The number of hydrogen-bond donors (Lipinski definition) is 1. The van der Waals surface area contributed by atoms with Gasteiger partial charge in [0, 0.05) is 17.4 Å². The summed E-state index contributed by atoms with van der Waals surface area (Å²) in [5, 5.41) is 9.99. The third-order valence-corrected chi connectivity index (χ3v) is 5.44. The van der Waals surface area contributed by atoms with Crippen molar-refractivity contribution in [3.05, 3.63) is 78.3 Å². The fraction of sp³-hybridized carbons (Fsp3) is 0.238. The number of carbonyl (C=O) groups is 1. The van der Waals surface area contributed by atoms with Crippen molar-refractivity contribution in [2.45, 2.75) is 25.2 Å². The van der Waals surface area contributed by atoms with Crippen molar-refractivity contribution in [3.63, 3.8) is 0 Å². The average molecular weight is 333 g/mol. The molecule has 3 atom stereocenters. The van der Waals surface area contributed by atoms with Crippen LogP contribution in [0.4, 0.5) is 0 Å². The lowest BCUT2D eigenvalue weighted by atomic mass is 9.94. The lowest BCUT2D eigenvalue weighted by Crippen LogP contribution is -2.17. The molecule has 0 aliphatic heterocycles. The molecule has 25 heavy (non-hydrogen) atoms. The second kappa shape index (κ2) is 5.88. The molecule has 1 aromatic heterocycles. The summed E-state index contributed by atoms with van der Waals surface area (Å²) in [6, 6.07) is 17.9. The van der Waals surface area contributed by atoms with Crippen LogP contribution in [0, 0.1) is 5.41 Å². The van der Waals surface area contributed by atoms with Crippen molar-refractivity contribution in [1.29, 1.82) is 0 Å². The van der Waals surface area contributed by atoms with Gasteiger partial charge in [-0.1, -0.05) is 55.5 Å². The molecular formula is C21H19NO3. The molecule has 0 saturated heterocycles. The van der Waals surface area contributed by atoms with Gasteiger partial charge in [-0.2, -0.15) is 0 Å². The highest BCUT2D eigenvalue weighted by molar-refractivity contribution is 5.84. The molecule has 126 valence electrons. The molecule has 1 aliphatic rings. The van der Waals surface area contributed by atoms with Gasteiger partial charge in [0.2, 0.25) is 0 Å². The quantitative estimate of drug-likeness (QED) is 0.735. The fourth-order valence-corrected chi connectivity index (χ4v) is 4.18. The molecule has 4 rings (SSSR count). The first-order valence-electron chi connectivity index (χ1n) is 8.45. The van der Waals surface area contributed by atoms with E-state index >= 15 is 0 Å². The van der Waals surface area contributed by atoms with Crippen LogP contribution in [0.5, 0.6) is 0 Å². The van der Waals surface area contributed by atoms with E-state index < -0.39 is 11.4 Å². The molecule has 3 aromatic rings. The van der Waals surface area contributed by atoms with Gasteiger partial charge in [-0.05, 0) is 23.6 Å². The molecule has 2 aromatic carbocycles. The lowest BCUT2D eigenvalue weighted by molar-refractivity contribution is -0.143. The number of nitrogens with zero attached hydrogens (tertiary/aromatic N) is 1. The highest BCUT2D eigenvalue weighted by atomic mass is 16.4. The van der Waals surface area contributed by atoms with Gasteiger partial charge in [0.05, 0.1) is 11.6 Å². The number of carboxylic acids is 1. The van der Waals surface area contributed by atoms with Gasteiger partial charge in [-0.3, -0.25) is 4.79 Å². The minimum absolute atomic E-state index is 0.0128. The molecule has 3 unspecified atom stereocenters. The highest BCUT2D eigenvalue weighted by Crippen LogP contribution is 2.72. The normalized spacial score (nSPS) is 24.8. The van der Waals surface area contributed by atoms with E-state index in [0.29, 0.717) is 12.2 Å². The molecule has 1 fully saturated rings. The average Bonchev–Trinajstić information content (AvgIpc) is 3.03. The monoisotopic (exact) mass is 333 g/mol. The number of rotatable bonds is 5. The standard InChI is InChI=1S/C21H19NO3/c1-2-21(20(23)24)18(14-7-4-3-5-8-14)19(21)16-10-6-9-15(11-16)17-12-22-13-25-17/h3-13,18-19H,2H2,1H3,(H,23,24). The molecule has 0 radical (unpaired) electrons. The molecule has 1 saturated carbocycles. The Labute approximate surface area is 146 Å². The van der Waals surface area contributed by atoms with E-state index in [1.165, 1.54) is 6.39 Å². The Morgan fingerprint density at radius 2 is 1.84 bits per heavy atom. The van der Waals surface area contributed by atoms with Gasteiger partial charge < -0.3 is 9.52 Å². The largest absolute Gasteiger partial charge is 0.481 e. The smallest absolute Gasteiger partial charge is 0.310 e. The van der Waals surface area contributed by atoms with Gasteiger partial charge >= 0.3 is 5.97 Å². The molecule has 4 heteroatoms. The molecule has 0 spiro atoms. The number of aliphatic carboxylic acids is 1. The van der Waals surface area contributed by atoms with Crippen LogP contribution in [0.1, 0.15) is 36.3 Å². The van der Waals surface area contributed by atoms with Gasteiger partial charge in [0.15, 0.2) is 12.2 Å². The first-order chi connectivity index (χ1) is 12.2. The Kier molecular flexibility index (Phi) is 3.68. The Bertz CT molecular complexity index is 889. The Hall–Kier alpha value is -2.88. The van der Waals surface area contributed by atoms with Gasteiger partial charge in [0.1, 0.15) is 0 Å². The zero-order chi connectivity index (χ0) is 17.4. The molecule has 1 N–H and O–H groups in total. The summed E-state index contributed by atoms with van der Waals surface area (Å²) in [4.78, 5) is 16.1. The third-order valence-electron chi connectivity index (χ3n) is 5.44. The predicted octanol–water partition coefficient (Wildman–Crippen LogP) is 4.70.